The summed E-state index contributed by atoms with van der Waals surface area (Å²) in [5, 5.41) is 5.51. The number of para-hydroxylation sites is 1. The third kappa shape index (κ3) is 5.07. The topological polar surface area (TPSA) is 99.7 Å². The van der Waals surface area contributed by atoms with Crippen molar-refractivity contribution >= 4 is 33.9 Å². The predicted molar refractivity (Wildman–Crippen MR) is 176 cm³/mol. The molecule has 0 unspecified atom stereocenters. The number of likely N-dealkylation sites (tertiary alicyclic amines) is 2. The van der Waals surface area contributed by atoms with Crippen molar-refractivity contribution in [1.29, 1.82) is 0 Å². The van der Waals surface area contributed by atoms with E-state index >= 15 is 0 Å². The molecule has 2 amide bonds. The maximum Gasteiger partial charge on any atom is 0.409 e. The molecule has 0 saturated carbocycles. The van der Waals surface area contributed by atoms with Crippen molar-refractivity contribution in [3.05, 3.63) is 65.5 Å². The second-order valence-electron chi connectivity index (χ2n) is 12.7. The van der Waals surface area contributed by atoms with Gasteiger partial charge in [-0.05, 0) is 42.5 Å². The van der Waals surface area contributed by atoms with Crippen molar-refractivity contribution in [1.82, 2.24) is 33.7 Å². The zero-order chi connectivity index (χ0) is 32.1. The summed E-state index contributed by atoms with van der Waals surface area (Å²) in [6.45, 7) is 5.52. The van der Waals surface area contributed by atoms with E-state index in [0.29, 0.717) is 42.4 Å². The van der Waals surface area contributed by atoms with Gasteiger partial charge in [0.25, 0.3) is 5.91 Å². The minimum absolute atomic E-state index is 0.0254. The van der Waals surface area contributed by atoms with Crippen LogP contribution in [0.1, 0.15) is 53.6 Å². The molecule has 1 atom stereocenters. The van der Waals surface area contributed by atoms with Crippen molar-refractivity contribution in [2.24, 2.45) is 20.0 Å². The lowest BCUT2D eigenvalue weighted by Crippen LogP contribution is -2.48. The molecule has 2 aliphatic heterocycles. The number of aromatic nitrogens is 5. The van der Waals surface area contributed by atoms with Gasteiger partial charge in [-0.1, -0.05) is 31.5 Å². The lowest BCUT2D eigenvalue weighted by atomic mass is 9.90. The standard InChI is InChI=1S/C35H41N7O4/c1-6-22-9-8-12-40(18-22)34(43)25-13-28-32(30(15-25)45-4)42(19-23-16-36-38(2)17-23)33(37-28)29-14-24-10-7-11-27(31(24)39(29)3)26-20-41(21-26)35(44)46-5/h7,10-11,13-17,22,26H,6,8-9,12,18-21H2,1-5H3/t22-/m1/s1. The Labute approximate surface area is 268 Å². The van der Waals surface area contributed by atoms with E-state index in [2.05, 4.69) is 52.5 Å². The summed E-state index contributed by atoms with van der Waals surface area (Å²) in [5.41, 5.74) is 6.43. The van der Waals surface area contributed by atoms with E-state index in [4.69, 9.17) is 14.5 Å². The van der Waals surface area contributed by atoms with E-state index in [0.717, 1.165) is 59.4 Å². The first-order chi connectivity index (χ1) is 22.3. The molecule has 7 rings (SSSR count). The van der Waals surface area contributed by atoms with Crippen LogP contribution in [0.4, 0.5) is 4.79 Å². The summed E-state index contributed by atoms with van der Waals surface area (Å²) >= 11 is 0. The van der Waals surface area contributed by atoms with Crippen LogP contribution in [0.3, 0.4) is 0 Å². The van der Waals surface area contributed by atoms with Crippen LogP contribution < -0.4 is 4.74 Å². The molecular formula is C35H41N7O4. The Morgan fingerprint density at radius 1 is 1.02 bits per heavy atom. The molecule has 0 aliphatic carbocycles. The highest BCUT2D eigenvalue weighted by atomic mass is 16.5. The van der Waals surface area contributed by atoms with Gasteiger partial charge < -0.3 is 28.4 Å². The minimum Gasteiger partial charge on any atom is -0.494 e. The first-order valence-electron chi connectivity index (χ1n) is 16.1. The number of methoxy groups -OCH3 is 2. The van der Waals surface area contributed by atoms with Crippen LogP contribution in [-0.4, -0.2) is 86.1 Å². The normalized spacial score (nSPS) is 17.1. The fourth-order valence-corrected chi connectivity index (χ4v) is 7.31. The minimum atomic E-state index is -0.294. The lowest BCUT2D eigenvalue weighted by molar-refractivity contribution is 0.0671. The van der Waals surface area contributed by atoms with Crippen LogP contribution in [0.2, 0.25) is 0 Å². The number of amides is 2. The molecule has 46 heavy (non-hydrogen) atoms. The van der Waals surface area contributed by atoms with Crippen molar-refractivity contribution in [2.75, 3.05) is 40.4 Å². The quantitative estimate of drug-likeness (QED) is 0.240. The highest BCUT2D eigenvalue weighted by Gasteiger charge is 2.34. The molecule has 2 saturated heterocycles. The van der Waals surface area contributed by atoms with Crippen LogP contribution in [0.25, 0.3) is 33.5 Å². The number of carbonyl (C=O) groups is 2. The first kappa shape index (κ1) is 29.9. The monoisotopic (exact) mass is 623 g/mol. The van der Waals surface area contributed by atoms with Gasteiger partial charge in [-0.2, -0.15) is 5.10 Å². The van der Waals surface area contributed by atoms with Crippen molar-refractivity contribution in [3.8, 4) is 17.3 Å². The maximum absolute atomic E-state index is 13.8. The Hall–Kier alpha value is -4.80. The Kier molecular flexibility index (Phi) is 7.70. The zero-order valence-corrected chi connectivity index (χ0v) is 27.2. The number of nitrogens with zero attached hydrogens (tertiary/aromatic N) is 7. The van der Waals surface area contributed by atoms with Crippen molar-refractivity contribution < 1.29 is 19.1 Å². The molecule has 0 N–H and O–H groups in total. The van der Waals surface area contributed by atoms with Gasteiger partial charge in [0.1, 0.15) is 11.3 Å². The Balaban J connectivity index is 1.35. The number of fused-ring (bicyclic) bond motifs is 2. The summed E-state index contributed by atoms with van der Waals surface area (Å²) in [7, 11) is 7.04. The van der Waals surface area contributed by atoms with E-state index in [1.165, 1.54) is 19.1 Å². The predicted octanol–water partition coefficient (Wildman–Crippen LogP) is 5.41. The van der Waals surface area contributed by atoms with E-state index < -0.39 is 0 Å². The third-order valence-corrected chi connectivity index (χ3v) is 9.83. The number of hydrogen-bond donors (Lipinski definition) is 0. The number of benzene rings is 2. The molecule has 11 heteroatoms. The third-order valence-electron chi connectivity index (χ3n) is 9.83. The van der Waals surface area contributed by atoms with Gasteiger partial charge in [-0.25, -0.2) is 9.78 Å². The van der Waals surface area contributed by atoms with Crippen LogP contribution >= 0.6 is 0 Å². The Morgan fingerprint density at radius 3 is 2.57 bits per heavy atom. The first-order valence-corrected chi connectivity index (χ1v) is 16.1. The summed E-state index contributed by atoms with van der Waals surface area (Å²) in [6.07, 6.45) is 6.84. The van der Waals surface area contributed by atoms with Crippen LogP contribution in [0, 0.1) is 5.92 Å². The lowest BCUT2D eigenvalue weighted by Gasteiger charge is -2.38. The van der Waals surface area contributed by atoms with E-state index in [9.17, 15) is 9.59 Å². The average molecular weight is 624 g/mol. The Bertz CT molecular complexity index is 1950. The summed E-state index contributed by atoms with van der Waals surface area (Å²) in [4.78, 5) is 34.8. The number of carbonyl (C=O) groups excluding carboxylic acids is 2. The number of piperidine rings is 1. The Morgan fingerprint density at radius 2 is 1.85 bits per heavy atom. The number of imidazole rings is 1. The molecule has 0 bridgehead atoms. The van der Waals surface area contributed by atoms with Gasteiger partial charge in [-0.3, -0.25) is 9.48 Å². The summed E-state index contributed by atoms with van der Waals surface area (Å²) in [5.74, 6) is 2.17. The maximum atomic E-state index is 13.8. The molecule has 0 spiro atoms. The number of rotatable bonds is 7. The van der Waals surface area contributed by atoms with Gasteiger partial charge in [0, 0.05) is 68.9 Å². The van der Waals surface area contributed by atoms with Crippen molar-refractivity contribution in [3.63, 3.8) is 0 Å². The van der Waals surface area contributed by atoms with Crippen LogP contribution in [-0.2, 0) is 25.4 Å². The van der Waals surface area contributed by atoms with Gasteiger partial charge >= 0.3 is 6.09 Å². The molecule has 2 aliphatic rings. The number of ether oxygens (including phenoxy) is 2. The number of hydrogen-bond acceptors (Lipinski definition) is 6. The van der Waals surface area contributed by atoms with Crippen LogP contribution in [0.5, 0.6) is 5.75 Å². The largest absolute Gasteiger partial charge is 0.494 e. The molecule has 2 aromatic carbocycles. The molecule has 240 valence electrons. The molecule has 3 aromatic heterocycles. The molecule has 0 radical (unpaired) electrons. The average Bonchev–Trinajstić information content (AvgIpc) is 3.74. The number of aryl methyl sites for hydroxylation is 2. The second-order valence-corrected chi connectivity index (χ2v) is 12.7. The molecule has 5 heterocycles. The van der Waals surface area contributed by atoms with Crippen molar-refractivity contribution in [2.45, 2.75) is 38.6 Å². The van der Waals surface area contributed by atoms with Gasteiger partial charge in [0.15, 0.2) is 5.82 Å². The zero-order valence-electron chi connectivity index (χ0n) is 27.2. The molecule has 2 fully saturated rings. The molecule has 11 nitrogen and oxygen atoms in total. The van der Waals surface area contributed by atoms with E-state index in [-0.39, 0.29) is 17.9 Å². The highest BCUT2D eigenvalue weighted by Crippen LogP contribution is 2.39. The highest BCUT2D eigenvalue weighted by molar-refractivity contribution is 6.00. The second kappa shape index (κ2) is 11.9. The fourth-order valence-electron chi connectivity index (χ4n) is 7.31. The van der Waals surface area contributed by atoms with Gasteiger partial charge in [0.05, 0.1) is 43.7 Å². The summed E-state index contributed by atoms with van der Waals surface area (Å²) in [6, 6.07) is 12.3. The summed E-state index contributed by atoms with van der Waals surface area (Å²) < 4.78 is 17.1. The SMILES string of the molecule is CC[C@@H]1CCCN(C(=O)c2cc(OC)c3c(c2)nc(-c2cc4cccc(C5CN(C(=O)OC)C5)c4n2C)n3Cc2cnn(C)c2)C1. The van der Waals surface area contributed by atoms with Gasteiger partial charge in [-0.15, -0.1) is 0 Å². The van der Waals surface area contributed by atoms with E-state index in [1.54, 1.807) is 16.7 Å². The fraction of sp³-hybridized carbons (Fsp3) is 0.429. The van der Waals surface area contributed by atoms with Crippen LogP contribution in [0.15, 0.2) is 48.8 Å². The molecular weight excluding hydrogens is 582 g/mol. The van der Waals surface area contributed by atoms with Gasteiger partial charge in [0.2, 0.25) is 0 Å². The molecule has 5 aromatic rings. The van der Waals surface area contributed by atoms with E-state index in [1.807, 2.05) is 36.5 Å². The smallest absolute Gasteiger partial charge is 0.409 e.